The van der Waals surface area contributed by atoms with Gasteiger partial charge in [0.05, 0.1) is 13.0 Å². The molecule has 5 nitrogen and oxygen atoms in total. The molecule has 0 radical (unpaired) electrons. The highest BCUT2D eigenvalue weighted by atomic mass is 16.5. The normalized spacial score (nSPS) is 31.1. The number of esters is 1. The Balaban J connectivity index is 1.75. The maximum absolute atomic E-state index is 12.2. The summed E-state index contributed by atoms with van der Waals surface area (Å²) in [5.74, 6) is 0.227. The van der Waals surface area contributed by atoms with Crippen LogP contribution in [0, 0.1) is 17.8 Å². The first-order valence-corrected chi connectivity index (χ1v) is 6.99. The summed E-state index contributed by atoms with van der Waals surface area (Å²) < 4.78 is 4.90. The third-order valence-electron chi connectivity index (χ3n) is 4.63. The van der Waals surface area contributed by atoms with Crippen molar-refractivity contribution in [2.45, 2.75) is 25.3 Å². The second kappa shape index (κ2) is 5.23. The average Bonchev–Trinajstić information content (AvgIpc) is 3.08. The average molecular weight is 274 g/mol. The lowest BCUT2D eigenvalue weighted by atomic mass is 9.84. The quantitative estimate of drug-likeness (QED) is 0.846. The lowest BCUT2D eigenvalue weighted by Crippen LogP contribution is -2.47. The second-order valence-corrected chi connectivity index (χ2v) is 5.62. The van der Waals surface area contributed by atoms with Crippen molar-refractivity contribution in [3.05, 3.63) is 30.1 Å². The summed E-state index contributed by atoms with van der Waals surface area (Å²) in [6, 6.07) is 3.26. The number of rotatable bonds is 3. The Labute approximate surface area is 117 Å². The molecular formula is C15H18N2O3. The predicted octanol–water partition coefficient (Wildman–Crippen LogP) is 1.40. The minimum absolute atomic E-state index is 0.0955. The maximum atomic E-state index is 12.2. The Bertz CT molecular complexity index is 517. The van der Waals surface area contributed by atoms with Gasteiger partial charge < -0.3 is 10.1 Å². The molecule has 20 heavy (non-hydrogen) atoms. The Hall–Kier alpha value is -1.91. The number of ether oxygens (including phenoxy) is 1. The van der Waals surface area contributed by atoms with Gasteiger partial charge in [0, 0.05) is 24.0 Å². The van der Waals surface area contributed by atoms with Gasteiger partial charge in [-0.3, -0.25) is 14.6 Å². The van der Waals surface area contributed by atoms with Crippen molar-refractivity contribution in [2.24, 2.45) is 17.8 Å². The zero-order valence-electron chi connectivity index (χ0n) is 11.4. The monoisotopic (exact) mass is 274 g/mol. The number of nitrogens with zero attached hydrogens (tertiary/aromatic N) is 1. The Morgan fingerprint density at radius 3 is 2.65 bits per heavy atom. The number of aromatic nitrogens is 1. The standard InChI is InChI=1S/C15H18N2O3/c1-20-15(19)12-10-2-3-11(8-10)13(12)17-14(18)9-4-6-16-7-5-9/h4-7,10-13H,2-3,8H2,1H3,(H,17,18)/t10-,11-,12+,13+/m0/s1. The number of pyridine rings is 1. The Kier molecular flexibility index (Phi) is 3.42. The first-order chi connectivity index (χ1) is 9.70. The van der Waals surface area contributed by atoms with Gasteiger partial charge in [-0.25, -0.2) is 0 Å². The molecule has 5 heteroatoms. The molecule has 2 bridgehead atoms. The van der Waals surface area contributed by atoms with Crippen LogP contribution in [-0.2, 0) is 9.53 Å². The van der Waals surface area contributed by atoms with Crippen molar-refractivity contribution >= 4 is 11.9 Å². The van der Waals surface area contributed by atoms with E-state index < -0.39 is 0 Å². The van der Waals surface area contributed by atoms with Crippen LogP contribution in [0.2, 0.25) is 0 Å². The maximum Gasteiger partial charge on any atom is 0.311 e. The number of methoxy groups -OCH3 is 1. The molecule has 106 valence electrons. The SMILES string of the molecule is COC(=O)[C@@H]1[C@H]2CC[C@@H](C2)[C@H]1NC(=O)c1ccncc1. The fourth-order valence-corrected chi connectivity index (χ4v) is 3.71. The molecule has 1 N–H and O–H groups in total. The van der Waals surface area contributed by atoms with Crippen LogP contribution in [0.15, 0.2) is 24.5 Å². The summed E-state index contributed by atoms with van der Waals surface area (Å²) in [4.78, 5) is 28.1. The minimum Gasteiger partial charge on any atom is -0.469 e. The Morgan fingerprint density at radius 2 is 1.95 bits per heavy atom. The molecule has 0 aromatic carbocycles. The van der Waals surface area contributed by atoms with Gasteiger partial charge in [0.1, 0.15) is 0 Å². The van der Waals surface area contributed by atoms with Crippen LogP contribution in [0.4, 0.5) is 0 Å². The minimum atomic E-state index is -0.197. The molecular weight excluding hydrogens is 256 g/mol. The third-order valence-corrected chi connectivity index (χ3v) is 4.63. The molecule has 2 fully saturated rings. The van der Waals surface area contributed by atoms with E-state index in [4.69, 9.17) is 4.74 Å². The second-order valence-electron chi connectivity index (χ2n) is 5.62. The van der Waals surface area contributed by atoms with Crippen LogP contribution in [0.3, 0.4) is 0 Å². The summed E-state index contributed by atoms with van der Waals surface area (Å²) >= 11 is 0. The smallest absolute Gasteiger partial charge is 0.311 e. The number of hydrogen-bond donors (Lipinski definition) is 1. The summed E-state index contributed by atoms with van der Waals surface area (Å²) in [6.45, 7) is 0. The van der Waals surface area contributed by atoms with E-state index in [1.807, 2.05) is 0 Å². The molecule has 1 aromatic heterocycles. The molecule has 0 saturated heterocycles. The summed E-state index contributed by atoms with van der Waals surface area (Å²) in [7, 11) is 1.41. The molecule has 2 aliphatic rings. The highest BCUT2D eigenvalue weighted by molar-refractivity contribution is 5.94. The number of hydrogen-bond acceptors (Lipinski definition) is 4. The van der Waals surface area contributed by atoms with Gasteiger partial charge in [-0.15, -0.1) is 0 Å². The van der Waals surface area contributed by atoms with Crippen LogP contribution in [0.1, 0.15) is 29.6 Å². The van der Waals surface area contributed by atoms with E-state index in [9.17, 15) is 9.59 Å². The van der Waals surface area contributed by atoms with E-state index >= 15 is 0 Å². The van der Waals surface area contributed by atoms with Crippen molar-refractivity contribution in [1.82, 2.24) is 10.3 Å². The molecule has 2 saturated carbocycles. The van der Waals surface area contributed by atoms with Crippen LogP contribution >= 0.6 is 0 Å². The molecule has 4 atom stereocenters. The molecule has 0 aliphatic heterocycles. The fourth-order valence-electron chi connectivity index (χ4n) is 3.71. The van der Waals surface area contributed by atoms with E-state index in [1.54, 1.807) is 24.5 Å². The molecule has 1 aromatic rings. The van der Waals surface area contributed by atoms with Crippen molar-refractivity contribution in [2.75, 3.05) is 7.11 Å². The van der Waals surface area contributed by atoms with E-state index in [0.717, 1.165) is 19.3 Å². The summed E-state index contributed by atoms with van der Waals surface area (Å²) in [5, 5.41) is 3.02. The number of nitrogens with one attached hydrogen (secondary N) is 1. The van der Waals surface area contributed by atoms with Crippen molar-refractivity contribution in [3.63, 3.8) is 0 Å². The lowest BCUT2D eigenvalue weighted by Gasteiger charge is -2.29. The van der Waals surface area contributed by atoms with Crippen LogP contribution in [0.5, 0.6) is 0 Å². The van der Waals surface area contributed by atoms with Crippen LogP contribution < -0.4 is 5.32 Å². The zero-order chi connectivity index (χ0) is 14.1. The Morgan fingerprint density at radius 1 is 1.25 bits per heavy atom. The van der Waals surface area contributed by atoms with Crippen molar-refractivity contribution in [1.29, 1.82) is 0 Å². The highest BCUT2D eigenvalue weighted by Crippen LogP contribution is 2.48. The van der Waals surface area contributed by atoms with Gasteiger partial charge in [0.15, 0.2) is 0 Å². The van der Waals surface area contributed by atoms with Crippen LogP contribution in [0.25, 0.3) is 0 Å². The van der Waals surface area contributed by atoms with E-state index in [-0.39, 0.29) is 23.8 Å². The summed E-state index contributed by atoms with van der Waals surface area (Å²) in [5.41, 5.74) is 0.575. The van der Waals surface area contributed by atoms with Gasteiger partial charge in [0.2, 0.25) is 0 Å². The number of fused-ring (bicyclic) bond motifs is 2. The van der Waals surface area contributed by atoms with E-state index in [2.05, 4.69) is 10.3 Å². The van der Waals surface area contributed by atoms with Gasteiger partial charge in [-0.1, -0.05) is 0 Å². The molecule has 1 amide bonds. The lowest BCUT2D eigenvalue weighted by molar-refractivity contribution is -0.148. The largest absolute Gasteiger partial charge is 0.469 e. The topological polar surface area (TPSA) is 68.3 Å². The fraction of sp³-hybridized carbons (Fsp3) is 0.533. The van der Waals surface area contributed by atoms with Gasteiger partial charge in [-0.2, -0.15) is 0 Å². The predicted molar refractivity (Wildman–Crippen MR) is 71.8 cm³/mol. The van der Waals surface area contributed by atoms with Gasteiger partial charge >= 0.3 is 5.97 Å². The molecule has 2 aliphatic carbocycles. The third kappa shape index (κ3) is 2.17. The first-order valence-electron chi connectivity index (χ1n) is 6.99. The van der Waals surface area contributed by atoms with Gasteiger partial charge in [0.25, 0.3) is 5.91 Å². The van der Waals surface area contributed by atoms with E-state index in [0.29, 0.717) is 17.4 Å². The first kappa shape index (κ1) is 13.1. The number of amides is 1. The summed E-state index contributed by atoms with van der Waals surface area (Å²) in [6.07, 6.45) is 6.34. The number of carbonyl (C=O) groups excluding carboxylic acids is 2. The molecule has 3 rings (SSSR count). The molecule has 1 heterocycles. The zero-order valence-corrected chi connectivity index (χ0v) is 11.4. The van der Waals surface area contributed by atoms with Crippen molar-refractivity contribution in [3.8, 4) is 0 Å². The number of carbonyl (C=O) groups is 2. The van der Waals surface area contributed by atoms with E-state index in [1.165, 1.54) is 7.11 Å². The van der Waals surface area contributed by atoms with Gasteiger partial charge in [-0.05, 0) is 43.2 Å². The van der Waals surface area contributed by atoms with Crippen LogP contribution in [-0.4, -0.2) is 30.0 Å². The highest BCUT2D eigenvalue weighted by Gasteiger charge is 2.52. The molecule has 0 spiro atoms. The molecule has 0 unspecified atom stereocenters. The van der Waals surface area contributed by atoms with Crippen molar-refractivity contribution < 1.29 is 14.3 Å².